The van der Waals surface area contributed by atoms with Crippen molar-refractivity contribution in [3.8, 4) is 0 Å². The van der Waals surface area contributed by atoms with Crippen molar-refractivity contribution in [1.29, 1.82) is 0 Å². The molecule has 0 radical (unpaired) electrons. The monoisotopic (exact) mass is 409 g/mol. The van der Waals surface area contributed by atoms with Gasteiger partial charge in [0.15, 0.2) is 0 Å². The summed E-state index contributed by atoms with van der Waals surface area (Å²) in [6.45, 7) is 9.01. The van der Waals surface area contributed by atoms with E-state index in [-0.39, 0.29) is 17.9 Å². The third-order valence-corrected chi connectivity index (χ3v) is 7.05. The molecule has 4 nitrogen and oxygen atoms in total. The Kier molecular flexibility index (Phi) is 6.07. The lowest BCUT2D eigenvalue weighted by atomic mass is 9.91. The molecule has 5 heteroatoms. The molecule has 1 aromatic carbocycles. The Morgan fingerprint density at radius 3 is 2.69 bits per heavy atom. The second kappa shape index (κ2) is 8.72. The fourth-order valence-electron chi connectivity index (χ4n) is 4.73. The average molecular weight is 410 g/mol. The van der Waals surface area contributed by atoms with E-state index in [2.05, 4.69) is 77.0 Å². The zero-order valence-electron chi connectivity index (χ0n) is 17.5. The molecule has 4 atom stereocenters. The first kappa shape index (κ1) is 20.2. The van der Waals surface area contributed by atoms with E-state index in [0.29, 0.717) is 11.8 Å². The zero-order chi connectivity index (χ0) is 20.4. The van der Waals surface area contributed by atoms with E-state index in [1.54, 1.807) is 11.3 Å². The summed E-state index contributed by atoms with van der Waals surface area (Å²) in [5, 5.41) is 6.93. The van der Waals surface area contributed by atoms with E-state index >= 15 is 0 Å². The molecule has 0 aliphatic carbocycles. The maximum atomic E-state index is 13.0. The molecular weight excluding hydrogens is 378 g/mol. The predicted octanol–water partition coefficient (Wildman–Crippen LogP) is 4.84. The number of carbonyl (C=O) groups is 1. The minimum absolute atomic E-state index is 0.180. The quantitative estimate of drug-likeness (QED) is 0.612. The summed E-state index contributed by atoms with van der Waals surface area (Å²) in [5.41, 5.74) is 2.44. The topological polar surface area (TPSA) is 48.1 Å². The number of piperidine rings is 1. The van der Waals surface area contributed by atoms with Crippen molar-refractivity contribution in [3.63, 3.8) is 0 Å². The molecule has 3 aromatic rings. The van der Waals surface area contributed by atoms with Gasteiger partial charge in [0, 0.05) is 47.5 Å². The van der Waals surface area contributed by atoms with Gasteiger partial charge in [-0.15, -0.1) is 11.3 Å². The van der Waals surface area contributed by atoms with Crippen LogP contribution in [0.1, 0.15) is 43.6 Å². The molecule has 4 rings (SSSR count). The highest BCUT2D eigenvalue weighted by Gasteiger charge is 2.29. The Morgan fingerprint density at radius 1 is 1.21 bits per heavy atom. The molecule has 0 saturated carbocycles. The van der Waals surface area contributed by atoms with Crippen LogP contribution in [0.4, 0.5) is 0 Å². The lowest BCUT2D eigenvalue weighted by Crippen LogP contribution is -2.50. The molecule has 0 bridgehead atoms. The van der Waals surface area contributed by atoms with Crippen molar-refractivity contribution >= 4 is 28.1 Å². The lowest BCUT2D eigenvalue weighted by Gasteiger charge is -2.36. The fraction of sp³-hybridized carbons (Fsp3) is 0.458. The number of rotatable bonds is 6. The average Bonchev–Trinajstić information content (AvgIpc) is 3.37. The number of benzene rings is 1. The molecule has 1 amide bonds. The molecule has 1 aliphatic rings. The minimum atomic E-state index is -0.180. The summed E-state index contributed by atoms with van der Waals surface area (Å²) >= 11 is 1.78. The predicted molar refractivity (Wildman–Crippen MR) is 121 cm³/mol. The van der Waals surface area contributed by atoms with Gasteiger partial charge in [0.1, 0.15) is 0 Å². The van der Waals surface area contributed by atoms with Gasteiger partial charge >= 0.3 is 0 Å². The first-order valence-electron chi connectivity index (χ1n) is 10.6. The van der Waals surface area contributed by atoms with Crippen molar-refractivity contribution in [2.75, 3.05) is 19.6 Å². The summed E-state index contributed by atoms with van der Waals surface area (Å²) in [4.78, 5) is 19.8. The smallest absolute Gasteiger partial charge is 0.239 e. The van der Waals surface area contributed by atoms with Gasteiger partial charge in [-0.05, 0) is 48.3 Å². The number of carbonyl (C=O) groups excluding carboxylic acids is 1. The van der Waals surface area contributed by atoms with E-state index in [0.717, 1.165) is 25.2 Å². The first-order valence-corrected chi connectivity index (χ1v) is 11.5. The summed E-state index contributed by atoms with van der Waals surface area (Å²) in [6, 6.07) is 12.5. The van der Waals surface area contributed by atoms with Gasteiger partial charge < -0.3 is 15.2 Å². The third-order valence-electron chi connectivity index (χ3n) is 6.06. The van der Waals surface area contributed by atoms with Crippen LogP contribution in [-0.4, -0.2) is 41.5 Å². The standard InChI is InChI=1S/C24H31N3OS/c1-16-11-17(2)15-27(14-16)24(28)18(3)25-13-21(23-9-6-10-29-23)20-12-26-22-8-5-4-7-19(20)22/h4-10,12,16-18,21,25-26H,11,13-15H2,1-3H3/t16-,17+,18-,21-/m0/s1. The molecular formula is C24H31N3OS. The number of likely N-dealkylation sites (tertiary alicyclic amines) is 1. The number of aromatic amines is 1. The minimum Gasteiger partial charge on any atom is -0.361 e. The molecule has 0 unspecified atom stereocenters. The second-order valence-electron chi connectivity index (χ2n) is 8.68. The lowest BCUT2D eigenvalue weighted by molar-refractivity contribution is -0.135. The highest BCUT2D eigenvalue weighted by molar-refractivity contribution is 7.10. The number of amides is 1. The number of hydrogen-bond donors (Lipinski definition) is 2. The van der Waals surface area contributed by atoms with Gasteiger partial charge in [-0.3, -0.25) is 4.79 Å². The van der Waals surface area contributed by atoms with Crippen molar-refractivity contribution in [2.45, 2.75) is 39.2 Å². The van der Waals surface area contributed by atoms with Crippen molar-refractivity contribution < 1.29 is 4.79 Å². The van der Waals surface area contributed by atoms with Gasteiger partial charge in [0.2, 0.25) is 5.91 Å². The molecule has 1 fully saturated rings. The third kappa shape index (κ3) is 4.41. The van der Waals surface area contributed by atoms with Crippen LogP contribution in [0.25, 0.3) is 10.9 Å². The summed E-state index contributed by atoms with van der Waals surface area (Å²) in [5.74, 6) is 1.62. The van der Waals surface area contributed by atoms with E-state index in [4.69, 9.17) is 0 Å². The van der Waals surface area contributed by atoms with Gasteiger partial charge in [-0.2, -0.15) is 0 Å². The van der Waals surface area contributed by atoms with Crippen molar-refractivity contribution in [2.24, 2.45) is 11.8 Å². The highest BCUT2D eigenvalue weighted by atomic mass is 32.1. The number of para-hydroxylation sites is 1. The van der Waals surface area contributed by atoms with E-state index < -0.39 is 0 Å². The normalized spacial score (nSPS) is 22.0. The van der Waals surface area contributed by atoms with Gasteiger partial charge in [-0.1, -0.05) is 38.1 Å². The van der Waals surface area contributed by atoms with Crippen molar-refractivity contribution in [1.82, 2.24) is 15.2 Å². The summed E-state index contributed by atoms with van der Waals surface area (Å²) < 4.78 is 0. The number of hydrogen-bond acceptors (Lipinski definition) is 3. The van der Waals surface area contributed by atoms with Crippen LogP contribution in [0.15, 0.2) is 48.0 Å². The fourth-order valence-corrected chi connectivity index (χ4v) is 5.58. The van der Waals surface area contributed by atoms with Crippen LogP contribution in [0.2, 0.25) is 0 Å². The Hall–Kier alpha value is -2.11. The summed E-state index contributed by atoms with van der Waals surface area (Å²) in [6.07, 6.45) is 3.34. The molecule has 3 heterocycles. The van der Waals surface area contributed by atoms with Crippen LogP contribution in [0, 0.1) is 11.8 Å². The highest BCUT2D eigenvalue weighted by Crippen LogP contribution is 2.33. The number of fused-ring (bicyclic) bond motifs is 1. The van der Waals surface area contributed by atoms with Crippen molar-refractivity contribution in [3.05, 3.63) is 58.4 Å². The Labute approximate surface area is 177 Å². The van der Waals surface area contributed by atoms with Crippen LogP contribution in [0.3, 0.4) is 0 Å². The molecule has 2 aromatic heterocycles. The number of thiophene rings is 1. The Balaban J connectivity index is 1.49. The molecule has 1 aliphatic heterocycles. The number of nitrogens with one attached hydrogen (secondary N) is 2. The maximum absolute atomic E-state index is 13.0. The number of H-pyrrole nitrogens is 1. The van der Waals surface area contributed by atoms with E-state index in [9.17, 15) is 4.79 Å². The van der Waals surface area contributed by atoms with E-state index in [1.807, 2.05) is 6.92 Å². The van der Waals surface area contributed by atoms with Crippen LogP contribution in [-0.2, 0) is 4.79 Å². The maximum Gasteiger partial charge on any atom is 0.239 e. The molecule has 2 N–H and O–H groups in total. The Morgan fingerprint density at radius 2 is 1.97 bits per heavy atom. The van der Waals surface area contributed by atoms with Crippen LogP contribution < -0.4 is 5.32 Å². The van der Waals surface area contributed by atoms with Crippen LogP contribution >= 0.6 is 11.3 Å². The van der Waals surface area contributed by atoms with Gasteiger partial charge in [-0.25, -0.2) is 0 Å². The van der Waals surface area contributed by atoms with Crippen LogP contribution in [0.5, 0.6) is 0 Å². The SMILES string of the molecule is C[C@@H]1C[C@H](C)CN(C(=O)[C@H](C)NC[C@H](c2cccs2)c2c[nH]c3ccccc23)C1. The van der Waals surface area contributed by atoms with E-state index in [1.165, 1.54) is 22.2 Å². The molecule has 154 valence electrons. The molecule has 29 heavy (non-hydrogen) atoms. The zero-order valence-corrected chi connectivity index (χ0v) is 18.3. The summed E-state index contributed by atoms with van der Waals surface area (Å²) in [7, 11) is 0. The Bertz CT molecular complexity index is 938. The number of nitrogens with zero attached hydrogens (tertiary/aromatic N) is 1. The molecule has 1 saturated heterocycles. The molecule has 0 spiro atoms. The second-order valence-corrected chi connectivity index (χ2v) is 9.66. The number of aromatic nitrogens is 1. The first-order chi connectivity index (χ1) is 14.0. The van der Waals surface area contributed by atoms with Gasteiger partial charge in [0.25, 0.3) is 0 Å². The largest absolute Gasteiger partial charge is 0.361 e. The van der Waals surface area contributed by atoms with Gasteiger partial charge in [0.05, 0.1) is 6.04 Å².